The van der Waals surface area contributed by atoms with Crippen LogP contribution in [0, 0.1) is 11.3 Å². The van der Waals surface area contributed by atoms with Gasteiger partial charge in [-0.15, -0.1) is 0 Å². The average molecular weight is 246 g/mol. The van der Waals surface area contributed by atoms with E-state index in [0.717, 1.165) is 18.4 Å². The van der Waals surface area contributed by atoms with Gasteiger partial charge in [0.05, 0.1) is 12.5 Å². The Labute approximate surface area is 107 Å². The van der Waals surface area contributed by atoms with E-state index in [4.69, 9.17) is 9.47 Å². The van der Waals surface area contributed by atoms with Crippen molar-refractivity contribution in [2.75, 3.05) is 0 Å². The van der Waals surface area contributed by atoms with Crippen LogP contribution in [0.2, 0.25) is 0 Å². The van der Waals surface area contributed by atoms with Crippen molar-refractivity contribution >= 4 is 5.97 Å². The molecule has 0 saturated heterocycles. The van der Waals surface area contributed by atoms with E-state index in [2.05, 4.69) is 19.9 Å². The lowest BCUT2D eigenvalue weighted by atomic mass is 9.63. The van der Waals surface area contributed by atoms with E-state index in [1.54, 1.807) is 6.26 Å². The van der Waals surface area contributed by atoms with E-state index in [1.807, 2.05) is 13.2 Å². The molecule has 0 aromatic rings. The quantitative estimate of drug-likeness (QED) is 0.616. The average Bonchev–Trinajstić information content (AvgIpc) is 2.49. The van der Waals surface area contributed by atoms with Crippen LogP contribution in [-0.4, -0.2) is 12.1 Å². The summed E-state index contributed by atoms with van der Waals surface area (Å²) in [7, 11) is 0. The minimum atomic E-state index is -0.142. The molecule has 3 rings (SSSR count). The molecule has 0 spiro atoms. The van der Waals surface area contributed by atoms with Crippen LogP contribution in [0.5, 0.6) is 0 Å². The van der Waals surface area contributed by atoms with Crippen LogP contribution in [0.15, 0.2) is 35.3 Å². The van der Waals surface area contributed by atoms with Crippen molar-refractivity contribution in [2.24, 2.45) is 11.3 Å². The summed E-state index contributed by atoms with van der Waals surface area (Å²) >= 11 is 0. The Kier molecular flexibility index (Phi) is 2.40. The molecule has 2 heterocycles. The predicted molar refractivity (Wildman–Crippen MR) is 67.4 cm³/mol. The van der Waals surface area contributed by atoms with Gasteiger partial charge in [0.1, 0.15) is 6.10 Å². The van der Waals surface area contributed by atoms with Gasteiger partial charge in [-0.2, -0.15) is 0 Å². The van der Waals surface area contributed by atoms with Crippen molar-refractivity contribution < 1.29 is 14.3 Å². The fraction of sp³-hybridized carbons (Fsp3) is 0.533. The SMILES string of the molecule is CC1=COC=C[C@]2(C)C[C@H]3OC(=O)C(C)=C3C[C@@H]12. The maximum absolute atomic E-state index is 11.7. The van der Waals surface area contributed by atoms with Gasteiger partial charge in [-0.3, -0.25) is 0 Å². The number of ether oxygens (including phenoxy) is 2. The minimum absolute atomic E-state index is 0.0101. The maximum Gasteiger partial charge on any atom is 0.334 e. The standard InChI is InChI=1S/C15H18O3/c1-9-8-17-5-4-15(3)7-13-11(6-12(9)15)10(2)14(16)18-13/h4-5,8,12-13H,6-7H2,1-3H3/t12-,13+,15+/m0/s1. The Bertz CT molecular complexity index is 498. The maximum atomic E-state index is 11.7. The third-order valence-electron chi connectivity index (χ3n) is 4.60. The summed E-state index contributed by atoms with van der Waals surface area (Å²) in [6.45, 7) is 6.20. The molecule has 0 unspecified atom stereocenters. The Hall–Kier alpha value is -1.51. The number of fused-ring (bicyclic) bond motifs is 2. The number of carbonyl (C=O) groups is 1. The summed E-state index contributed by atoms with van der Waals surface area (Å²) < 4.78 is 10.8. The molecule has 3 nitrogen and oxygen atoms in total. The zero-order valence-electron chi connectivity index (χ0n) is 11.0. The number of hydrogen-bond donors (Lipinski definition) is 0. The summed E-state index contributed by atoms with van der Waals surface area (Å²) in [6, 6.07) is 0. The van der Waals surface area contributed by atoms with Gasteiger partial charge < -0.3 is 9.47 Å². The van der Waals surface area contributed by atoms with Gasteiger partial charge in [0.2, 0.25) is 0 Å². The van der Waals surface area contributed by atoms with Crippen molar-refractivity contribution in [2.45, 2.75) is 39.7 Å². The molecule has 0 aromatic heterocycles. The molecular formula is C15H18O3. The van der Waals surface area contributed by atoms with Crippen LogP contribution >= 0.6 is 0 Å². The highest BCUT2D eigenvalue weighted by atomic mass is 16.5. The lowest BCUT2D eigenvalue weighted by Crippen LogP contribution is -2.37. The molecule has 1 fully saturated rings. The molecule has 96 valence electrons. The highest BCUT2D eigenvalue weighted by Crippen LogP contribution is 2.51. The molecule has 0 bridgehead atoms. The normalized spacial score (nSPS) is 38.4. The lowest BCUT2D eigenvalue weighted by Gasteiger charge is -2.41. The molecule has 0 aromatic carbocycles. The van der Waals surface area contributed by atoms with Gasteiger partial charge in [0.15, 0.2) is 0 Å². The fourth-order valence-electron chi connectivity index (χ4n) is 3.39. The molecular weight excluding hydrogens is 228 g/mol. The van der Waals surface area contributed by atoms with Crippen molar-refractivity contribution in [1.82, 2.24) is 0 Å². The number of hydrogen-bond acceptors (Lipinski definition) is 3. The van der Waals surface area contributed by atoms with E-state index < -0.39 is 0 Å². The Balaban J connectivity index is 2.03. The Morgan fingerprint density at radius 3 is 2.94 bits per heavy atom. The smallest absolute Gasteiger partial charge is 0.334 e. The molecule has 18 heavy (non-hydrogen) atoms. The second-order valence-corrected chi connectivity index (χ2v) is 5.81. The van der Waals surface area contributed by atoms with E-state index in [9.17, 15) is 4.79 Å². The van der Waals surface area contributed by atoms with E-state index in [-0.39, 0.29) is 17.5 Å². The molecule has 3 atom stereocenters. The first kappa shape index (κ1) is 11.6. The van der Waals surface area contributed by atoms with Crippen molar-refractivity contribution in [3.8, 4) is 0 Å². The topological polar surface area (TPSA) is 35.5 Å². The third-order valence-corrected chi connectivity index (χ3v) is 4.60. The lowest BCUT2D eigenvalue weighted by molar-refractivity contribution is -0.141. The van der Waals surface area contributed by atoms with Crippen LogP contribution in [0.25, 0.3) is 0 Å². The Morgan fingerprint density at radius 2 is 2.17 bits per heavy atom. The first-order valence-electron chi connectivity index (χ1n) is 6.42. The van der Waals surface area contributed by atoms with Crippen LogP contribution in [-0.2, 0) is 14.3 Å². The van der Waals surface area contributed by atoms with Gasteiger partial charge in [-0.05, 0) is 55.2 Å². The molecule has 3 aliphatic rings. The van der Waals surface area contributed by atoms with Gasteiger partial charge in [0.25, 0.3) is 0 Å². The monoisotopic (exact) mass is 246 g/mol. The number of allylic oxidation sites excluding steroid dienone is 2. The van der Waals surface area contributed by atoms with E-state index in [1.165, 1.54) is 11.1 Å². The van der Waals surface area contributed by atoms with Crippen molar-refractivity contribution in [1.29, 1.82) is 0 Å². The minimum Gasteiger partial charge on any atom is -0.473 e. The summed E-state index contributed by atoms with van der Waals surface area (Å²) in [6.07, 6.45) is 7.40. The van der Waals surface area contributed by atoms with Crippen LogP contribution in [0.4, 0.5) is 0 Å². The van der Waals surface area contributed by atoms with E-state index in [0.29, 0.717) is 5.92 Å². The number of rotatable bonds is 0. The largest absolute Gasteiger partial charge is 0.473 e. The van der Waals surface area contributed by atoms with Crippen LogP contribution < -0.4 is 0 Å². The second-order valence-electron chi connectivity index (χ2n) is 5.81. The molecule has 0 amide bonds. The first-order valence-corrected chi connectivity index (χ1v) is 6.42. The zero-order valence-corrected chi connectivity index (χ0v) is 11.0. The van der Waals surface area contributed by atoms with E-state index >= 15 is 0 Å². The summed E-state index contributed by atoms with van der Waals surface area (Å²) in [5.74, 6) is 0.254. The first-order chi connectivity index (χ1) is 8.51. The van der Waals surface area contributed by atoms with Crippen molar-refractivity contribution in [3.05, 3.63) is 35.3 Å². The fourth-order valence-corrected chi connectivity index (χ4v) is 3.39. The molecule has 1 saturated carbocycles. The number of carbonyl (C=O) groups excluding carboxylic acids is 1. The van der Waals surface area contributed by atoms with Gasteiger partial charge >= 0.3 is 5.97 Å². The summed E-state index contributed by atoms with van der Waals surface area (Å²) in [4.78, 5) is 11.7. The molecule has 0 radical (unpaired) electrons. The second kappa shape index (κ2) is 3.74. The highest BCUT2D eigenvalue weighted by molar-refractivity contribution is 5.91. The third kappa shape index (κ3) is 1.53. The summed E-state index contributed by atoms with van der Waals surface area (Å²) in [5.41, 5.74) is 3.24. The zero-order chi connectivity index (χ0) is 12.9. The molecule has 1 aliphatic carbocycles. The predicted octanol–water partition coefficient (Wildman–Crippen LogP) is 3.09. The van der Waals surface area contributed by atoms with Crippen LogP contribution in [0.1, 0.15) is 33.6 Å². The number of esters is 1. The van der Waals surface area contributed by atoms with Crippen molar-refractivity contribution in [3.63, 3.8) is 0 Å². The summed E-state index contributed by atoms with van der Waals surface area (Å²) in [5, 5.41) is 0. The van der Waals surface area contributed by atoms with Gasteiger partial charge in [-0.25, -0.2) is 4.79 Å². The molecule has 2 aliphatic heterocycles. The Morgan fingerprint density at radius 1 is 1.39 bits per heavy atom. The molecule has 0 N–H and O–H groups in total. The van der Waals surface area contributed by atoms with Gasteiger partial charge in [0, 0.05) is 5.57 Å². The van der Waals surface area contributed by atoms with Gasteiger partial charge in [-0.1, -0.05) is 6.92 Å². The molecule has 3 heteroatoms. The van der Waals surface area contributed by atoms with Crippen LogP contribution in [0.3, 0.4) is 0 Å². The highest BCUT2D eigenvalue weighted by Gasteiger charge is 2.47.